The van der Waals surface area contributed by atoms with Crippen molar-refractivity contribution in [3.8, 4) is 0 Å². The summed E-state index contributed by atoms with van der Waals surface area (Å²) in [6.07, 6.45) is 32.9. The van der Waals surface area contributed by atoms with Gasteiger partial charge in [-0.2, -0.15) is 0 Å². The van der Waals surface area contributed by atoms with Crippen LogP contribution < -0.4 is 5.32 Å². The fraction of sp³-hybridized carbons (Fsp3) is 0.939. The number of aliphatic hydroxyl groups is 1. The largest absolute Gasteiger partial charge is 0.464 e. The summed E-state index contributed by atoms with van der Waals surface area (Å²) in [5, 5.41) is 11.3. The maximum Gasteiger partial charge on any atom is 0.328 e. The number of amides is 1. The van der Waals surface area contributed by atoms with Gasteiger partial charge in [-0.05, 0) is 19.3 Å². The van der Waals surface area contributed by atoms with Crippen molar-refractivity contribution in [2.75, 3.05) is 13.2 Å². The number of carbonyl (C=O) groups excluding carboxylic acids is 2. The summed E-state index contributed by atoms with van der Waals surface area (Å²) in [6, 6.07) is -0.402. The molecule has 1 atom stereocenters. The van der Waals surface area contributed by atoms with E-state index >= 15 is 0 Å². The van der Waals surface area contributed by atoms with Gasteiger partial charge in [-0.25, -0.2) is 4.79 Å². The van der Waals surface area contributed by atoms with Crippen LogP contribution in [0.15, 0.2) is 0 Å². The molecule has 1 aliphatic rings. The Morgan fingerprint density at radius 2 is 1.03 bits per heavy atom. The van der Waals surface area contributed by atoms with Gasteiger partial charge in [-0.1, -0.05) is 155 Å². The molecule has 1 aliphatic heterocycles. The summed E-state index contributed by atoms with van der Waals surface area (Å²) >= 11 is 0. The van der Waals surface area contributed by atoms with E-state index in [0.29, 0.717) is 26.1 Å². The van der Waals surface area contributed by atoms with E-state index in [1.807, 2.05) is 0 Å². The first kappa shape index (κ1) is 36.9. The van der Waals surface area contributed by atoms with E-state index in [4.69, 9.17) is 9.84 Å². The molecule has 1 unspecified atom stereocenters. The van der Waals surface area contributed by atoms with Crippen LogP contribution in [0.5, 0.6) is 0 Å². The molecular formula is C33H65NO4. The molecule has 0 spiro atoms. The third-order valence-electron chi connectivity index (χ3n) is 7.53. The van der Waals surface area contributed by atoms with Crippen LogP contribution in [0.3, 0.4) is 0 Å². The Morgan fingerprint density at radius 3 is 1.37 bits per heavy atom. The number of carbonyl (C=O) groups is 2. The highest BCUT2D eigenvalue weighted by Crippen LogP contribution is 2.13. The van der Waals surface area contributed by atoms with Crippen molar-refractivity contribution in [2.45, 2.75) is 187 Å². The molecule has 1 heterocycles. The Labute approximate surface area is 236 Å². The smallest absolute Gasteiger partial charge is 0.328 e. The highest BCUT2D eigenvalue weighted by Gasteiger charge is 2.28. The van der Waals surface area contributed by atoms with Crippen molar-refractivity contribution in [1.82, 2.24) is 5.32 Å². The maximum atomic E-state index is 11.6. The van der Waals surface area contributed by atoms with Gasteiger partial charge >= 0.3 is 5.97 Å². The van der Waals surface area contributed by atoms with Crippen LogP contribution in [0.1, 0.15) is 181 Å². The molecule has 226 valence electrons. The van der Waals surface area contributed by atoms with Gasteiger partial charge in [-0.3, -0.25) is 4.79 Å². The molecule has 0 aromatic heterocycles. The Bertz CT molecular complexity index is 497. The van der Waals surface area contributed by atoms with E-state index in [1.165, 1.54) is 135 Å². The Hall–Kier alpha value is -1.10. The highest BCUT2D eigenvalue weighted by atomic mass is 16.5. The number of hydrogen-bond donors (Lipinski definition) is 2. The monoisotopic (exact) mass is 539 g/mol. The molecule has 0 bridgehead atoms. The second-order valence-electron chi connectivity index (χ2n) is 11.3. The molecule has 1 amide bonds. The number of nitrogens with one attached hydrogen (secondary N) is 1. The molecule has 0 radical (unpaired) electrons. The number of hydrogen-bond acceptors (Lipinski definition) is 4. The van der Waals surface area contributed by atoms with Gasteiger partial charge in [0.2, 0.25) is 5.91 Å². The Morgan fingerprint density at radius 1 is 0.658 bits per heavy atom. The summed E-state index contributed by atoms with van der Waals surface area (Å²) in [7, 11) is 0. The van der Waals surface area contributed by atoms with Gasteiger partial charge in [0.1, 0.15) is 6.04 Å². The lowest BCUT2D eigenvalue weighted by Crippen LogP contribution is -2.34. The molecule has 0 aliphatic carbocycles. The fourth-order valence-corrected chi connectivity index (χ4v) is 4.96. The first-order valence-corrected chi connectivity index (χ1v) is 16.7. The standard InChI is InChI=1S/C17H31NO3.C16H34O/c1-2-3-4-5-6-7-8-9-10-11-14-21-17(20)15-12-13-16(19)18-15;1-2-3-4-5-6-7-8-9-10-11-12-13-14-15-16-17/h15H,2-14H2,1H3,(H,18,19);17H,2-16H2,1H3. The molecule has 5 nitrogen and oxygen atoms in total. The number of unbranched alkanes of at least 4 members (excludes halogenated alkanes) is 22. The predicted molar refractivity (Wildman–Crippen MR) is 161 cm³/mol. The van der Waals surface area contributed by atoms with Gasteiger partial charge in [-0.15, -0.1) is 0 Å². The summed E-state index contributed by atoms with van der Waals surface area (Å²) in [4.78, 5) is 22.6. The van der Waals surface area contributed by atoms with Crippen molar-refractivity contribution < 1.29 is 19.4 Å². The number of esters is 1. The highest BCUT2D eigenvalue weighted by molar-refractivity contribution is 5.87. The average molecular weight is 540 g/mol. The minimum absolute atomic E-state index is 0.0455. The maximum absolute atomic E-state index is 11.6. The lowest BCUT2D eigenvalue weighted by Gasteiger charge is -2.09. The summed E-state index contributed by atoms with van der Waals surface area (Å²) in [5.74, 6) is -0.312. The van der Waals surface area contributed by atoms with Crippen molar-refractivity contribution >= 4 is 11.9 Å². The summed E-state index contributed by atoms with van der Waals surface area (Å²) in [6.45, 7) is 5.38. The Balaban J connectivity index is 0.000000739. The number of aliphatic hydroxyl groups excluding tert-OH is 1. The van der Waals surface area contributed by atoms with Crippen LogP contribution in [0, 0.1) is 0 Å². The molecule has 1 fully saturated rings. The molecule has 2 N–H and O–H groups in total. The van der Waals surface area contributed by atoms with Crippen molar-refractivity contribution in [3.63, 3.8) is 0 Å². The quantitative estimate of drug-likeness (QED) is 0.0848. The minimum Gasteiger partial charge on any atom is -0.464 e. The van der Waals surface area contributed by atoms with Crippen LogP contribution in [-0.4, -0.2) is 36.2 Å². The number of ether oxygens (including phenoxy) is 1. The molecule has 0 saturated carbocycles. The van der Waals surface area contributed by atoms with Gasteiger partial charge in [0.15, 0.2) is 0 Å². The van der Waals surface area contributed by atoms with E-state index in [2.05, 4.69) is 19.2 Å². The first-order chi connectivity index (χ1) is 18.7. The molecule has 1 saturated heterocycles. The van der Waals surface area contributed by atoms with Gasteiger partial charge in [0.25, 0.3) is 0 Å². The Kier molecular flexibility index (Phi) is 29.6. The van der Waals surface area contributed by atoms with E-state index < -0.39 is 6.04 Å². The average Bonchev–Trinajstić information content (AvgIpc) is 3.36. The topological polar surface area (TPSA) is 75.6 Å². The summed E-state index contributed by atoms with van der Waals surface area (Å²) in [5.41, 5.74) is 0. The lowest BCUT2D eigenvalue weighted by atomic mass is 10.0. The molecule has 1 rings (SSSR count). The molecule has 38 heavy (non-hydrogen) atoms. The van der Waals surface area contributed by atoms with Gasteiger partial charge in [0, 0.05) is 13.0 Å². The van der Waals surface area contributed by atoms with Crippen molar-refractivity contribution in [3.05, 3.63) is 0 Å². The second-order valence-corrected chi connectivity index (χ2v) is 11.3. The van der Waals surface area contributed by atoms with Gasteiger partial charge < -0.3 is 15.2 Å². The van der Waals surface area contributed by atoms with E-state index in [1.54, 1.807) is 0 Å². The van der Waals surface area contributed by atoms with Crippen LogP contribution >= 0.6 is 0 Å². The molecule has 0 aromatic carbocycles. The second kappa shape index (κ2) is 30.4. The lowest BCUT2D eigenvalue weighted by molar-refractivity contribution is -0.146. The summed E-state index contributed by atoms with van der Waals surface area (Å²) < 4.78 is 5.19. The first-order valence-electron chi connectivity index (χ1n) is 16.7. The normalized spacial score (nSPS) is 14.7. The third kappa shape index (κ3) is 26.5. The van der Waals surface area contributed by atoms with Crippen LogP contribution in [0.25, 0.3) is 0 Å². The SMILES string of the molecule is CCCCCCCCCCCCCCCCO.CCCCCCCCCCCCOC(=O)C1CCC(=O)N1. The zero-order valence-electron chi connectivity index (χ0n) is 25.5. The molecule has 5 heteroatoms. The van der Waals surface area contributed by atoms with E-state index in [0.717, 1.165) is 19.3 Å². The predicted octanol–water partition coefficient (Wildman–Crippen LogP) is 9.19. The van der Waals surface area contributed by atoms with E-state index in [-0.39, 0.29) is 11.9 Å². The van der Waals surface area contributed by atoms with Crippen LogP contribution in [-0.2, 0) is 14.3 Å². The zero-order valence-corrected chi connectivity index (χ0v) is 25.5. The van der Waals surface area contributed by atoms with Crippen molar-refractivity contribution in [1.29, 1.82) is 0 Å². The van der Waals surface area contributed by atoms with Crippen LogP contribution in [0.4, 0.5) is 0 Å². The van der Waals surface area contributed by atoms with E-state index in [9.17, 15) is 9.59 Å². The van der Waals surface area contributed by atoms with Crippen molar-refractivity contribution in [2.24, 2.45) is 0 Å². The third-order valence-corrected chi connectivity index (χ3v) is 7.53. The molecular weight excluding hydrogens is 474 g/mol. The number of rotatable bonds is 26. The van der Waals surface area contributed by atoms with Crippen LogP contribution in [0.2, 0.25) is 0 Å². The fourth-order valence-electron chi connectivity index (χ4n) is 4.96. The van der Waals surface area contributed by atoms with Gasteiger partial charge in [0.05, 0.1) is 6.61 Å². The molecule has 0 aromatic rings. The minimum atomic E-state index is -0.402. The zero-order chi connectivity index (χ0) is 27.9.